The maximum Gasteiger partial charge on any atom is 0.248 e. The second-order valence-corrected chi connectivity index (χ2v) is 5.43. The van der Waals surface area contributed by atoms with E-state index in [2.05, 4.69) is 10.3 Å². The van der Waals surface area contributed by atoms with E-state index in [1.807, 2.05) is 12.1 Å². The monoisotopic (exact) mass is 297 g/mol. The summed E-state index contributed by atoms with van der Waals surface area (Å²) in [6, 6.07) is 10.6. The Hall–Kier alpha value is -2.40. The number of rotatable bonds is 4. The summed E-state index contributed by atoms with van der Waals surface area (Å²) in [5.74, 6) is 1.48. The van der Waals surface area contributed by atoms with Gasteiger partial charge in [0.15, 0.2) is 0 Å². The number of nitrogens with zero attached hydrogens (tertiary/aromatic N) is 1. The van der Waals surface area contributed by atoms with Gasteiger partial charge in [-0.25, -0.2) is 0 Å². The molecule has 0 bridgehead atoms. The van der Waals surface area contributed by atoms with Crippen LogP contribution in [0.25, 0.3) is 0 Å². The number of benzene rings is 1. The van der Waals surface area contributed by atoms with Crippen LogP contribution in [0.2, 0.25) is 0 Å². The minimum absolute atomic E-state index is 0.441. The lowest BCUT2D eigenvalue weighted by Gasteiger charge is -2.22. The van der Waals surface area contributed by atoms with Crippen molar-refractivity contribution in [1.82, 2.24) is 10.3 Å². The van der Waals surface area contributed by atoms with Crippen LogP contribution in [-0.2, 0) is 0 Å². The van der Waals surface area contributed by atoms with E-state index in [4.69, 9.17) is 10.5 Å². The predicted molar refractivity (Wildman–Crippen MR) is 84.1 cm³/mol. The van der Waals surface area contributed by atoms with Gasteiger partial charge in [-0.05, 0) is 56.3 Å². The van der Waals surface area contributed by atoms with Gasteiger partial charge >= 0.3 is 0 Å². The lowest BCUT2D eigenvalue weighted by Crippen LogP contribution is -2.27. The van der Waals surface area contributed by atoms with E-state index in [0.717, 1.165) is 37.4 Å². The average molecular weight is 297 g/mol. The van der Waals surface area contributed by atoms with Gasteiger partial charge in [0.1, 0.15) is 11.5 Å². The molecule has 0 radical (unpaired) electrons. The van der Waals surface area contributed by atoms with Gasteiger partial charge in [-0.2, -0.15) is 0 Å². The van der Waals surface area contributed by atoms with Gasteiger partial charge in [-0.1, -0.05) is 0 Å². The predicted octanol–water partition coefficient (Wildman–Crippen LogP) is 2.44. The summed E-state index contributed by atoms with van der Waals surface area (Å²) in [6.07, 6.45) is 3.98. The molecule has 1 aliphatic heterocycles. The number of amides is 1. The molecule has 22 heavy (non-hydrogen) atoms. The molecule has 1 fully saturated rings. The molecule has 0 unspecified atom stereocenters. The molecule has 1 aromatic heterocycles. The number of nitrogens with one attached hydrogen (secondary N) is 1. The fraction of sp³-hybridized carbons (Fsp3) is 0.294. The van der Waals surface area contributed by atoms with E-state index >= 15 is 0 Å². The van der Waals surface area contributed by atoms with Crippen molar-refractivity contribution >= 4 is 5.91 Å². The maximum atomic E-state index is 11.1. The van der Waals surface area contributed by atoms with Crippen LogP contribution in [-0.4, -0.2) is 24.0 Å². The maximum absolute atomic E-state index is 11.1. The van der Waals surface area contributed by atoms with Crippen LogP contribution in [0.15, 0.2) is 42.6 Å². The average Bonchev–Trinajstić information content (AvgIpc) is 2.56. The molecule has 1 saturated heterocycles. The second kappa shape index (κ2) is 6.58. The first-order chi connectivity index (χ1) is 10.7. The Balaban J connectivity index is 1.73. The van der Waals surface area contributed by atoms with Crippen molar-refractivity contribution in [3.63, 3.8) is 0 Å². The Labute approximate surface area is 129 Å². The smallest absolute Gasteiger partial charge is 0.248 e. The number of primary amides is 1. The topological polar surface area (TPSA) is 77.2 Å². The van der Waals surface area contributed by atoms with Gasteiger partial charge in [0.25, 0.3) is 0 Å². The van der Waals surface area contributed by atoms with Gasteiger partial charge in [-0.3, -0.25) is 9.78 Å². The first kappa shape index (κ1) is 14.5. The van der Waals surface area contributed by atoms with Crippen molar-refractivity contribution in [3.8, 4) is 11.5 Å². The van der Waals surface area contributed by atoms with Crippen molar-refractivity contribution in [1.29, 1.82) is 0 Å². The molecule has 5 nitrogen and oxygen atoms in total. The van der Waals surface area contributed by atoms with Crippen molar-refractivity contribution in [2.75, 3.05) is 13.1 Å². The Kier molecular flexibility index (Phi) is 4.34. The Bertz CT molecular complexity index is 649. The minimum Gasteiger partial charge on any atom is -0.457 e. The largest absolute Gasteiger partial charge is 0.457 e. The normalized spacial score (nSPS) is 15.5. The molecule has 5 heteroatoms. The molecule has 114 valence electrons. The Morgan fingerprint density at radius 3 is 2.55 bits per heavy atom. The summed E-state index contributed by atoms with van der Waals surface area (Å²) in [4.78, 5) is 15.5. The van der Waals surface area contributed by atoms with E-state index in [1.165, 1.54) is 0 Å². The van der Waals surface area contributed by atoms with E-state index < -0.39 is 5.91 Å². The molecule has 2 heterocycles. The van der Waals surface area contributed by atoms with E-state index in [-0.39, 0.29) is 0 Å². The lowest BCUT2D eigenvalue weighted by atomic mass is 9.94. The lowest BCUT2D eigenvalue weighted by molar-refractivity contribution is 0.100. The SMILES string of the molecule is NC(=O)c1ccc(Oc2ccnc(C3CCNCC3)c2)cc1. The van der Waals surface area contributed by atoms with Crippen LogP contribution in [0, 0.1) is 0 Å². The number of hydrogen-bond donors (Lipinski definition) is 2. The number of hydrogen-bond acceptors (Lipinski definition) is 4. The number of carbonyl (C=O) groups is 1. The van der Waals surface area contributed by atoms with E-state index in [0.29, 0.717) is 17.2 Å². The number of ether oxygens (including phenoxy) is 1. The summed E-state index contributed by atoms with van der Waals surface area (Å²) >= 11 is 0. The Morgan fingerprint density at radius 2 is 1.86 bits per heavy atom. The van der Waals surface area contributed by atoms with Crippen molar-refractivity contribution in [2.45, 2.75) is 18.8 Å². The zero-order valence-corrected chi connectivity index (χ0v) is 12.3. The summed E-state index contributed by atoms with van der Waals surface area (Å²) in [5.41, 5.74) is 6.77. The first-order valence-electron chi connectivity index (χ1n) is 7.47. The fourth-order valence-electron chi connectivity index (χ4n) is 2.66. The quantitative estimate of drug-likeness (QED) is 0.908. The van der Waals surface area contributed by atoms with Crippen LogP contribution < -0.4 is 15.8 Å². The summed E-state index contributed by atoms with van der Waals surface area (Å²) in [7, 11) is 0. The molecule has 2 aromatic rings. The second-order valence-electron chi connectivity index (χ2n) is 5.43. The number of nitrogens with two attached hydrogens (primary N) is 1. The van der Waals surface area contributed by atoms with Crippen molar-refractivity contribution in [3.05, 3.63) is 53.9 Å². The van der Waals surface area contributed by atoms with Gasteiger partial charge in [0.05, 0.1) is 0 Å². The van der Waals surface area contributed by atoms with Gasteiger partial charge in [0, 0.05) is 29.4 Å². The molecule has 0 atom stereocenters. The van der Waals surface area contributed by atoms with Gasteiger partial charge in [-0.15, -0.1) is 0 Å². The molecule has 0 aliphatic carbocycles. The molecular formula is C17H19N3O2. The van der Waals surface area contributed by atoms with Gasteiger partial charge in [0.2, 0.25) is 5.91 Å². The third kappa shape index (κ3) is 3.43. The highest BCUT2D eigenvalue weighted by atomic mass is 16.5. The summed E-state index contributed by atoms with van der Waals surface area (Å²) in [6.45, 7) is 2.07. The van der Waals surface area contributed by atoms with E-state index in [9.17, 15) is 4.79 Å². The van der Waals surface area contributed by atoms with Crippen LogP contribution in [0.4, 0.5) is 0 Å². The third-order valence-corrected chi connectivity index (χ3v) is 3.88. The summed E-state index contributed by atoms with van der Waals surface area (Å²) in [5, 5.41) is 3.36. The highest BCUT2D eigenvalue weighted by Crippen LogP contribution is 2.28. The fourth-order valence-corrected chi connectivity index (χ4v) is 2.66. The minimum atomic E-state index is -0.441. The zero-order chi connectivity index (χ0) is 15.4. The number of piperidine rings is 1. The molecule has 0 saturated carbocycles. The standard InChI is InChI=1S/C17H19N3O2/c18-17(21)13-1-3-14(4-2-13)22-15-7-10-20-16(11-15)12-5-8-19-9-6-12/h1-4,7,10-12,19H,5-6,8-9H2,(H2,18,21). The van der Waals surface area contributed by atoms with Crippen LogP contribution in [0.1, 0.15) is 34.8 Å². The molecule has 0 spiro atoms. The first-order valence-corrected chi connectivity index (χ1v) is 7.47. The third-order valence-electron chi connectivity index (χ3n) is 3.88. The molecule has 1 amide bonds. The van der Waals surface area contributed by atoms with Crippen LogP contribution >= 0.6 is 0 Å². The summed E-state index contributed by atoms with van der Waals surface area (Å²) < 4.78 is 5.84. The van der Waals surface area contributed by atoms with Gasteiger partial charge < -0.3 is 15.8 Å². The number of aromatic nitrogens is 1. The molecule has 1 aromatic carbocycles. The van der Waals surface area contributed by atoms with Crippen molar-refractivity contribution < 1.29 is 9.53 Å². The zero-order valence-electron chi connectivity index (χ0n) is 12.3. The Morgan fingerprint density at radius 1 is 1.14 bits per heavy atom. The number of pyridine rings is 1. The number of carbonyl (C=O) groups excluding carboxylic acids is 1. The van der Waals surface area contributed by atoms with Crippen LogP contribution in [0.3, 0.4) is 0 Å². The van der Waals surface area contributed by atoms with Crippen LogP contribution in [0.5, 0.6) is 11.5 Å². The molecular weight excluding hydrogens is 278 g/mol. The molecule has 3 N–H and O–H groups in total. The van der Waals surface area contributed by atoms with E-state index in [1.54, 1.807) is 30.5 Å². The highest BCUT2D eigenvalue weighted by Gasteiger charge is 2.16. The molecule has 3 rings (SSSR count). The molecule has 1 aliphatic rings. The van der Waals surface area contributed by atoms with Crippen molar-refractivity contribution in [2.24, 2.45) is 5.73 Å². The highest BCUT2D eigenvalue weighted by molar-refractivity contribution is 5.92.